The number of likely N-dealkylation sites (tertiary alicyclic amines) is 1. The maximum atomic E-state index is 14.7. The number of fused-ring (bicyclic) bond motifs is 1. The first-order valence-electron chi connectivity index (χ1n) is 20.8. The number of Topliss-reactive ketones (excluding diaryl/α,β-unsaturated/α-hetero) is 1. The van der Waals surface area contributed by atoms with Crippen molar-refractivity contribution in [1.82, 2.24) is 4.90 Å². The van der Waals surface area contributed by atoms with Crippen molar-refractivity contribution in [1.29, 1.82) is 0 Å². The number of anilines is 1. The number of ether oxygens (including phenoxy) is 4. The highest BCUT2D eigenvalue weighted by molar-refractivity contribution is 6.19. The van der Waals surface area contributed by atoms with Crippen molar-refractivity contribution in [3.63, 3.8) is 0 Å². The van der Waals surface area contributed by atoms with Crippen LogP contribution in [0.15, 0.2) is 46.1 Å². The molecule has 0 aliphatic carbocycles. The molecule has 1 fully saturated rings. The number of carbonyl (C=O) groups is 3. The molecular formula is C45H60N4O11. The van der Waals surface area contributed by atoms with Crippen molar-refractivity contribution in [2.45, 2.75) is 124 Å². The van der Waals surface area contributed by atoms with Gasteiger partial charge in [0.2, 0.25) is 0 Å². The van der Waals surface area contributed by atoms with E-state index in [9.17, 15) is 34.8 Å². The molecule has 0 radical (unpaired) electrons. The van der Waals surface area contributed by atoms with Gasteiger partial charge >= 0.3 is 11.8 Å². The highest BCUT2D eigenvalue weighted by Gasteiger charge is 2.50. The molecule has 1 saturated heterocycles. The summed E-state index contributed by atoms with van der Waals surface area (Å²) in [5.74, 6) is -6.91. The minimum absolute atomic E-state index is 0.0340. The maximum Gasteiger partial charge on any atom is 0.312 e. The number of rotatable bonds is 3. The Morgan fingerprint density at radius 1 is 0.950 bits per heavy atom. The molecule has 4 aliphatic rings. The number of phenols is 2. The summed E-state index contributed by atoms with van der Waals surface area (Å²) in [5, 5.41) is 50.1. The van der Waals surface area contributed by atoms with Crippen LogP contribution in [0.25, 0.3) is 10.8 Å². The van der Waals surface area contributed by atoms with E-state index in [1.807, 2.05) is 0 Å². The topological polar surface area (TPSA) is 209 Å². The number of ketones is 1. The number of methoxy groups -OCH3 is 1. The van der Waals surface area contributed by atoms with Gasteiger partial charge in [0, 0.05) is 93.1 Å². The Balaban J connectivity index is 1.55. The van der Waals surface area contributed by atoms with Gasteiger partial charge in [-0.2, -0.15) is 0 Å². The number of phenolic OH excluding ortho intramolecular Hbond substituents is 2. The van der Waals surface area contributed by atoms with Gasteiger partial charge in [-0.15, -0.1) is 0 Å². The van der Waals surface area contributed by atoms with E-state index in [0.29, 0.717) is 32.0 Å². The van der Waals surface area contributed by atoms with Crippen LogP contribution in [0.3, 0.4) is 0 Å². The fraction of sp³-hybridized carbons (Fsp3) is 0.578. The summed E-state index contributed by atoms with van der Waals surface area (Å²) in [4.78, 5) is 53.5. The van der Waals surface area contributed by atoms with E-state index in [4.69, 9.17) is 28.9 Å². The first kappa shape index (κ1) is 44.7. The molecule has 60 heavy (non-hydrogen) atoms. The summed E-state index contributed by atoms with van der Waals surface area (Å²) >= 11 is 0. The summed E-state index contributed by atoms with van der Waals surface area (Å²) in [5.41, 5.74) is -0.583. The fourth-order valence-corrected chi connectivity index (χ4v) is 8.99. The monoisotopic (exact) mass is 832 g/mol. The number of esters is 1. The number of benzene rings is 2. The lowest BCUT2D eigenvalue weighted by Gasteiger charge is -2.38. The van der Waals surface area contributed by atoms with Gasteiger partial charge in [-0.05, 0) is 33.8 Å². The van der Waals surface area contributed by atoms with Crippen molar-refractivity contribution in [2.24, 2.45) is 33.7 Å². The Morgan fingerprint density at radius 2 is 1.60 bits per heavy atom. The van der Waals surface area contributed by atoms with Crippen LogP contribution in [0, 0.1) is 30.6 Å². The number of aliphatic hydroxyl groups excluding tert-OH is 2. The molecule has 4 heterocycles. The van der Waals surface area contributed by atoms with Gasteiger partial charge in [0.25, 0.3) is 11.7 Å². The minimum atomic E-state index is -1.96. The van der Waals surface area contributed by atoms with Crippen LogP contribution in [0.5, 0.6) is 17.2 Å². The predicted octanol–water partition coefficient (Wildman–Crippen LogP) is 4.50. The van der Waals surface area contributed by atoms with Crippen LogP contribution < -0.4 is 20.8 Å². The molecule has 2 aromatic carbocycles. The molecule has 6 rings (SSSR count). The van der Waals surface area contributed by atoms with Crippen molar-refractivity contribution >= 4 is 34.1 Å². The number of aromatic hydroxyl groups is 2. The molecule has 0 unspecified atom stereocenters. The largest absolute Gasteiger partial charge is 0.507 e. The van der Waals surface area contributed by atoms with Gasteiger partial charge in [-0.25, -0.2) is 0 Å². The summed E-state index contributed by atoms with van der Waals surface area (Å²) in [6.45, 7) is 18.5. The number of aliphatic hydroxyl groups is 2. The summed E-state index contributed by atoms with van der Waals surface area (Å²) < 4.78 is 24.0. The normalized spacial score (nSPS) is 33.0. The third kappa shape index (κ3) is 7.92. The second kappa shape index (κ2) is 16.9. The number of hydrogen-bond acceptors (Lipinski definition) is 14. The second-order valence-corrected chi connectivity index (χ2v) is 17.4. The zero-order valence-corrected chi connectivity index (χ0v) is 36.4. The van der Waals surface area contributed by atoms with E-state index in [1.165, 1.54) is 27.2 Å². The molecular weight excluding hydrogens is 773 g/mol. The first-order valence-corrected chi connectivity index (χ1v) is 20.8. The van der Waals surface area contributed by atoms with Crippen LogP contribution in [0.4, 0.5) is 5.69 Å². The molecule has 4 bridgehead atoms. The predicted molar refractivity (Wildman–Crippen MR) is 223 cm³/mol. The number of carbonyl (C=O) groups excluding carboxylic acids is 3. The molecule has 15 heteroatoms. The van der Waals surface area contributed by atoms with E-state index in [-0.39, 0.29) is 55.4 Å². The van der Waals surface area contributed by atoms with Gasteiger partial charge in [-0.3, -0.25) is 24.4 Å². The van der Waals surface area contributed by atoms with Crippen molar-refractivity contribution in [2.75, 3.05) is 25.5 Å². The number of piperidine rings is 1. The van der Waals surface area contributed by atoms with Gasteiger partial charge in [0.15, 0.2) is 11.4 Å². The molecule has 2 aromatic rings. The lowest BCUT2D eigenvalue weighted by molar-refractivity contribution is -0.160. The average Bonchev–Trinajstić information content (AvgIpc) is 3.70. The van der Waals surface area contributed by atoms with E-state index in [1.54, 1.807) is 65.8 Å². The smallest absolute Gasteiger partial charge is 0.312 e. The van der Waals surface area contributed by atoms with Crippen molar-refractivity contribution < 1.29 is 53.8 Å². The SMILES string of the molecule is CO[C@H]1/C=C\O[C@@]2(C)Oc3c(C)c(O)c4c(O)c(c5c(c4c3C2=O)=NC2(CCN(C(C)C)CC2)N=5)NC(=O)/C(C)=C/C=C\[C@H](C)[C@H](O)[C@@H](C)[C@@H](O)[C@@H](C)[C@@H](OC(C)=O)[C@H]1C. The van der Waals surface area contributed by atoms with Crippen LogP contribution in [0.2, 0.25) is 0 Å². The summed E-state index contributed by atoms with van der Waals surface area (Å²) in [6, 6.07) is 0.300. The molecule has 0 aromatic heterocycles. The standard InChI is InChI=1S/C45H60N4O11/c1-21(2)49-18-16-45(17-19-49)47-33-30-31-38(53)27(8)41-32(30)42(55)44(10,60-41)58-20-15-29(57-11)24(5)40(59-28(9)50)26(7)37(52)25(6)36(51)22(3)13-12-14-23(4)43(56)46-35(39(31)54)34(33)48-45/h12-15,20-22,24-26,29,36-37,40,51-54H,16-19H2,1-11H3,(H,46,56)/b13-12-,20-15-,23-14+/t22-,24-,25+,26+,29-,36-,37+,40-,44-/m0/s1. The van der Waals surface area contributed by atoms with E-state index in [2.05, 4.69) is 24.1 Å². The molecule has 4 aliphatic heterocycles. The Labute approximate surface area is 350 Å². The number of nitrogens with zero attached hydrogens (tertiary/aromatic N) is 3. The van der Waals surface area contributed by atoms with Gasteiger partial charge in [0.05, 0.1) is 40.9 Å². The maximum absolute atomic E-state index is 14.7. The lowest BCUT2D eigenvalue weighted by atomic mass is 9.78. The molecule has 1 amide bonds. The molecule has 1 spiro atoms. The van der Waals surface area contributed by atoms with Crippen LogP contribution in [-0.4, -0.2) is 105 Å². The highest BCUT2D eigenvalue weighted by atomic mass is 16.7. The lowest BCUT2D eigenvalue weighted by Crippen LogP contribution is -2.46. The summed E-state index contributed by atoms with van der Waals surface area (Å²) in [6.07, 6.45) is 5.01. The number of amides is 1. The van der Waals surface area contributed by atoms with E-state index >= 15 is 0 Å². The van der Waals surface area contributed by atoms with E-state index < -0.39 is 82.9 Å². The molecule has 9 atom stereocenters. The zero-order chi connectivity index (χ0) is 44.2. The van der Waals surface area contributed by atoms with Crippen LogP contribution in [-0.2, 0) is 23.8 Å². The van der Waals surface area contributed by atoms with Crippen LogP contribution >= 0.6 is 0 Å². The molecule has 326 valence electrons. The number of nitrogens with one attached hydrogen (secondary N) is 1. The number of hydrogen-bond donors (Lipinski definition) is 5. The van der Waals surface area contributed by atoms with Crippen LogP contribution in [0.1, 0.15) is 91.1 Å². The molecule has 5 N–H and O–H groups in total. The Hall–Kier alpha value is -4.83. The van der Waals surface area contributed by atoms with Gasteiger partial charge in [0.1, 0.15) is 28.6 Å². The Morgan fingerprint density at radius 3 is 2.22 bits per heavy atom. The van der Waals surface area contributed by atoms with Crippen molar-refractivity contribution in [3.05, 3.63) is 58.0 Å². The Bertz CT molecular complexity index is 2280. The summed E-state index contributed by atoms with van der Waals surface area (Å²) in [7, 11) is 1.47. The average molecular weight is 833 g/mol. The highest BCUT2D eigenvalue weighted by Crippen LogP contribution is 2.50. The Kier molecular flexibility index (Phi) is 12.6. The van der Waals surface area contributed by atoms with Gasteiger partial charge in [-0.1, -0.05) is 45.9 Å². The minimum Gasteiger partial charge on any atom is -0.507 e. The third-order valence-electron chi connectivity index (χ3n) is 12.9. The molecule has 15 nitrogen and oxygen atoms in total. The molecule has 0 saturated carbocycles. The first-order chi connectivity index (χ1) is 28.2. The quantitative estimate of drug-likeness (QED) is 0.214. The number of allylic oxidation sites excluding steroid dienone is 2. The fourth-order valence-electron chi connectivity index (χ4n) is 8.99. The van der Waals surface area contributed by atoms with Crippen molar-refractivity contribution in [3.8, 4) is 17.2 Å². The second-order valence-electron chi connectivity index (χ2n) is 17.4. The van der Waals surface area contributed by atoms with Gasteiger partial charge < -0.3 is 49.6 Å². The third-order valence-corrected chi connectivity index (χ3v) is 12.9. The zero-order valence-electron chi connectivity index (χ0n) is 36.4. The van der Waals surface area contributed by atoms with E-state index in [0.717, 1.165) is 0 Å².